The first-order valence-corrected chi connectivity index (χ1v) is 3.92. The zero-order chi connectivity index (χ0) is 7.56. The van der Waals surface area contributed by atoms with Gasteiger partial charge in [-0.3, -0.25) is 0 Å². The van der Waals surface area contributed by atoms with Crippen molar-refractivity contribution in [3.05, 3.63) is 21.4 Å². The average molecular weight is 249 g/mol. The molecule has 54 valence electrons. The quantitative estimate of drug-likeness (QED) is 0.721. The zero-order valence-corrected chi connectivity index (χ0v) is 7.50. The Labute approximate surface area is 73.0 Å². The van der Waals surface area contributed by atoms with Gasteiger partial charge in [-0.25, -0.2) is 4.98 Å². The highest BCUT2D eigenvalue weighted by Crippen LogP contribution is 2.08. The van der Waals surface area contributed by atoms with Crippen LogP contribution in [0.2, 0.25) is 0 Å². The molecule has 1 aromatic heterocycles. The molecule has 0 radical (unpaired) electrons. The number of anilines is 1. The number of pyridine rings is 1. The standard InChI is InChI=1S/C6H8IN3/c7-4-1-5(3-8)10-6(9)2-4/h1-2H,3,8H2,(H2,9,10). The summed E-state index contributed by atoms with van der Waals surface area (Å²) in [6.45, 7) is 0.445. The molecule has 0 aliphatic carbocycles. The van der Waals surface area contributed by atoms with Crippen molar-refractivity contribution in [2.24, 2.45) is 5.73 Å². The maximum Gasteiger partial charge on any atom is 0.124 e. The van der Waals surface area contributed by atoms with E-state index in [1.54, 1.807) is 6.07 Å². The molecule has 0 aliphatic heterocycles. The number of halogens is 1. The van der Waals surface area contributed by atoms with E-state index in [9.17, 15) is 0 Å². The SMILES string of the molecule is NCc1cc(I)cc(N)n1. The molecule has 0 fully saturated rings. The van der Waals surface area contributed by atoms with Crippen molar-refractivity contribution in [3.63, 3.8) is 0 Å². The summed E-state index contributed by atoms with van der Waals surface area (Å²) in [7, 11) is 0. The lowest BCUT2D eigenvalue weighted by Crippen LogP contribution is -2.02. The van der Waals surface area contributed by atoms with Gasteiger partial charge in [0, 0.05) is 10.1 Å². The van der Waals surface area contributed by atoms with Gasteiger partial charge in [0.25, 0.3) is 0 Å². The fraction of sp³-hybridized carbons (Fsp3) is 0.167. The second-order valence-corrected chi connectivity index (χ2v) is 3.15. The fourth-order valence-corrected chi connectivity index (χ4v) is 1.36. The number of nitrogen functional groups attached to an aromatic ring is 1. The summed E-state index contributed by atoms with van der Waals surface area (Å²) < 4.78 is 1.07. The van der Waals surface area contributed by atoms with Crippen LogP contribution in [0, 0.1) is 3.57 Å². The van der Waals surface area contributed by atoms with E-state index in [4.69, 9.17) is 11.5 Å². The summed E-state index contributed by atoms with van der Waals surface area (Å²) in [5, 5.41) is 0. The van der Waals surface area contributed by atoms with Crippen molar-refractivity contribution in [1.29, 1.82) is 0 Å². The summed E-state index contributed by atoms with van der Waals surface area (Å²) in [6.07, 6.45) is 0. The Morgan fingerprint density at radius 1 is 1.50 bits per heavy atom. The molecule has 0 unspecified atom stereocenters. The predicted molar refractivity (Wildman–Crippen MR) is 49.3 cm³/mol. The Morgan fingerprint density at radius 3 is 2.70 bits per heavy atom. The molecule has 0 saturated carbocycles. The van der Waals surface area contributed by atoms with Crippen molar-refractivity contribution in [1.82, 2.24) is 4.98 Å². The second kappa shape index (κ2) is 3.16. The summed E-state index contributed by atoms with van der Waals surface area (Å²) in [5.41, 5.74) is 11.7. The van der Waals surface area contributed by atoms with Crippen molar-refractivity contribution < 1.29 is 0 Å². The van der Waals surface area contributed by atoms with Crippen LogP contribution < -0.4 is 11.5 Å². The maximum absolute atomic E-state index is 5.46. The minimum atomic E-state index is 0.445. The highest BCUT2D eigenvalue weighted by Gasteiger charge is 1.94. The number of hydrogen-bond acceptors (Lipinski definition) is 3. The van der Waals surface area contributed by atoms with E-state index in [1.165, 1.54) is 0 Å². The lowest BCUT2D eigenvalue weighted by molar-refractivity contribution is 0.992. The third-order valence-electron chi connectivity index (χ3n) is 1.07. The molecule has 10 heavy (non-hydrogen) atoms. The van der Waals surface area contributed by atoms with Gasteiger partial charge in [0.1, 0.15) is 5.82 Å². The minimum absolute atomic E-state index is 0.445. The van der Waals surface area contributed by atoms with Gasteiger partial charge in [-0.1, -0.05) is 0 Å². The number of nitrogens with two attached hydrogens (primary N) is 2. The Bertz CT molecular complexity index is 216. The van der Waals surface area contributed by atoms with Gasteiger partial charge < -0.3 is 11.5 Å². The highest BCUT2D eigenvalue weighted by atomic mass is 127. The smallest absolute Gasteiger partial charge is 0.124 e. The molecule has 0 saturated heterocycles. The average Bonchev–Trinajstić information content (AvgIpc) is 1.85. The normalized spacial score (nSPS) is 9.80. The van der Waals surface area contributed by atoms with E-state index < -0.39 is 0 Å². The Morgan fingerprint density at radius 2 is 2.20 bits per heavy atom. The second-order valence-electron chi connectivity index (χ2n) is 1.91. The van der Waals surface area contributed by atoms with Crippen LogP contribution in [0.3, 0.4) is 0 Å². The lowest BCUT2D eigenvalue weighted by Gasteiger charge is -1.98. The van der Waals surface area contributed by atoms with Gasteiger partial charge in [-0.05, 0) is 34.7 Å². The molecule has 0 bridgehead atoms. The first-order valence-electron chi connectivity index (χ1n) is 2.84. The topological polar surface area (TPSA) is 64.9 Å². The van der Waals surface area contributed by atoms with Crippen LogP contribution in [0.15, 0.2) is 12.1 Å². The van der Waals surface area contributed by atoms with E-state index in [0.717, 1.165) is 9.26 Å². The lowest BCUT2D eigenvalue weighted by atomic mass is 10.3. The van der Waals surface area contributed by atoms with Gasteiger partial charge in [0.2, 0.25) is 0 Å². The first-order chi connectivity index (χ1) is 4.72. The molecule has 0 atom stereocenters. The maximum atomic E-state index is 5.46. The fourth-order valence-electron chi connectivity index (χ4n) is 0.677. The molecule has 1 rings (SSSR count). The summed E-state index contributed by atoms with van der Waals surface area (Å²) in [4.78, 5) is 4.00. The monoisotopic (exact) mass is 249 g/mol. The van der Waals surface area contributed by atoms with Crippen molar-refractivity contribution in [2.45, 2.75) is 6.54 Å². The molecular formula is C6H8IN3. The molecule has 3 nitrogen and oxygen atoms in total. The summed E-state index contributed by atoms with van der Waals surface area (Å²) in [5.74, 6) is 0.535. The molecule has 1 aromatic rings. The van der Waals surface area contributed by atoms with E-state index in [0.29, 0.717) is 12.4 Å². The summed E-state index contributed by atoms with van der Waals surface area (Å²) in [6, 6.07) is 3.72. The van der Waals surface area contributed by atoms with Crippen LogP contribution in [-0.4, -0.2) is 4.98 Å². The minimum Gasteiger partial charge on any atom is -0.384 e. The summed E-state index contributed by atoms with van der Waals surface area (Å²) >= 11 is 2.18. The number of nitrogens with zero attached hydrogens (tertiary/aromatic N) is 1. The number of rotatable bonds is 1. The Balaban J connectivity index is 3.06. The van der Waals surface area contributed by atoms with Crippen molar-refractivity contribution in [3.8, 4) is 0 Å². The third-order valence-corrected chi connectivity index (χ3v) is 1.69. The first kappa shape index (κ1) is 7.74. The van der Waals surface area contributed by atoms with Crippen LogP contribution >= 0.6 is 22.6 Å². The van der Waals surface area contributed by atoms with Crippen LogP contribution in [0.1, 0.15) is 5.69 Å². The largest absolute Gasteiger partial charge is 0.384 e. The molecule has 0 amide bonds. The van der Waals surface area contributed by atoms with Gasteiger partial charge in [0.15, 0.2) is 0 Å². The number of aromatic nitrogens is 1. The van der Waals surface area contributed by atoms with Gasteiger partial charge in [-0.2, -0.15) is 0 Å². The highest BCUT2D eigenvalue weighted by molar-refractivity contribution is 14.1. The van der Waals surface area contributed by atoms with E-state index in [2.05, 4.69) is 27.6 Å². The Kier molecular flexibility index (Phi) is 2.44. The van der Waals surface area contributed by atoms with Crippen molar-refractivity contribution in [2.75, 3.05) is 5.73 Å². The number of hydrogen-bond donors (Lipinski definition) is 2. The molecule has 0 spiro atoms. The predicted octanol–water partition coefficient (Wildman–Crippen LogP) is 0.727. The molecule has 4 heteroatoms. The van der Waals surface area contributed by atoms with Crippen LogP contribution in [-0.2, 0) is 6.54 Å². The molecular weight excluding hydrogens is 241 g/mol. The van der Waals surface area contributed by atoms with Crippen LogP contribution in [0.4, 0.5) is 5.82 Å². The molecule has 1 heterocycles. The van der Waals surface area contributed by atoms with Crippen molar-refractivity contribution >= 4 is 28.4 Å². The van der Waals surface area contributed by atoms with Gasteiger partial charge in [0.05, 0.1) is 5.69 Å². The third kappa shape index (κ3) is 1.81. The van der Waals surface area contributed by atoms with E-state index >= 15 is 0 Å². The Hall–Kier alpha value is -0.360. The van der Waals surface area contributed by atoms with Gasteiger partial charge >= 0.3 is 0 Å². The van der Waals surface area contributed by atoms with Crippen LogP contribution in [0.5, 0.6) is 0 Å². The zero-order valence-electron chi connectivity index (χ0n) is 5.34. The molecule has 4 N–H and O–H groups in total. The van der Waals surface area contributed by atoms with Crippen LogP contribution in [0.25, 0.3) is 0 Å². The van der Waals surface area contributed by atoms with E-state index in [1.807, 2.05) is 6.07 Å². The van der Waals surface area contributed by atoms with Gasteiger partial charge in [-0.15, -0.1) is 0 Å². The molecule has 0 aliphatic rings. The molecule has 0 aromatic carbocycles. The van der Waals surface area contributed by atoms with E-state index in [-0.39, 0.29) is 0 Å².